The van der Waals surface area contributed by atoms with E-state index in [1.54, 1.807) is 0 Å². The van der Waals surface area contributed by atoms with Crippen molar-refractivity contribution in [2.24, 2.45) is 17.8 Å². The predicted octanol–water partition coefficient (Wildman–Crippen LogP) is 2.42. The summed E-state index contributed by atoms with van der Waals surface area (Å²) in [5.74, 6) is 2.80. The molecule has 0 saturated heterocycles. The molecule has 1 N–H and O–H groups in total. The van der Waals surface area contributed by atoms with E-state index in [0.717, 1.165) is 17.8 Å². The Morgan fingerprint density at radius 1 is 1.08 bits per heavy atom. The van der Waals surface area contributed by atoms with Crippen molar-refractivity contribution in [2.75, 3.05) is 7.05 Å². The summed E-state index contributed by atoms with van der Waals surface area (Å²) in [6.07, 6.45) is 5.87. The first-order chi connectivity index (χ1) is 5.71. The molecule has 0 unspecified atom stereocenters. The molecule has 1 heteroatoms. The van der Waals surface area contributed by atoms with Gasteiger partial charge in [0.15, 0.2) is 0 Å². The van der Waals surface area contributed by atoms with Gasteiger partial charge in [-0.15, -0.1) is 0 Å². The standard InChI is InChI=1S/C11H21N/c1-8(2)11(12-3,9-4-5-9)10-6-7-10/h8-10,12H,4-7H2,1-3H3. The van der Waals surface area contributed by atoms with Gasteiger partial charge < -0.3 is 5.32 Å². The Kier molecular flexibility index (Phi) is 1.95. The molecule has 0 spiro atoms. The monoisotopic (exact) mass is 167 g/mol. The molecule has 2 fully saturated rings. The molecule has 0 aliphatic heterocycles. The molecule has 1 nitrogen and oxygen atoms in total. The normalized spacial score (nSPS) is 25.0. The smallest absolute Gasteiger partial charge is 0.0257 e. The van der Waals surface area contributed by atoms with Crippen LogP contribution >= 0.6 is 0 Å². The molecule has 2 aliphatic rings. The number of nitrogens with one attached hydrogen (secondary N) is 1. The molecule has 12 heavy (non-hydrogen) atoms. The van der Waals surface area contributed by atoms with Crippen LogP contribution in [-0.4, -0.2) is 12.6 Å². The fourth-order valence-electron chi connectivity index (χ4n) is 3.10. The van der Waals surface area contributed by atoms with Gasteiger partial charge >= 0.3 is 0 Å². The van der Waals surface area contributed by atoms with Gasteiger partial charge in [0, 0.05) is 5.54 Å². The lowest BCUT2D eigenvalue weighted by Crippen LogP contribution is -2.51. The van der Waals surface area contributed by atoms with E-state index in [-0.39, 0.29) is 0 Å². The van der Waals surface area contributed by atoms with E-state index < -0.39 is 0 Å². The molecule has 2 aliphatic carbocycles. The summed E-state index contributed by atoms with van der Waals surface area (Å²) in [4.78, 5) is 0. The minimum Gasteiger partial charge on any atom is -0.313 e. The minimum absolute atomic E-state index is 0.514. The van der Waals surface area contributed by atoms with Crippen LogP contribution in [0.2, 0.25) is 0 Å². The van der Waals surface area contributed by atoms with Crippen LogP contribution in [0.3, 0.4) is 0 Å². The van der Waals surface area contributed by atoms with Crippen molar-refractivity contribution in [1.29, 1.82) is 0 Å². The zero-order chi connectivity index (χ0) is 8.77. The Morgan fingerprint density at radius 3 is 1.67 bits per heavy atom. The van der Waals surface area contributed by atoms with Gasteiger partial charge in [0.2, 0.25) is 0 Å². The van der Waals surface area contributed by atoms with Crippen molar-refractivity contribution in [3.63, 3.8) is 0 Å². The molecular weight excluding hydrogens is 146 g/mol. The molecular formula is C11H21N. The van der Waals surface area contributed by atoms with Crippen LogP contribution in [0.5, 0.6) is 0 Å². The summed E-state index contributed by atoms with van der Waals surface area (Å²) in [7, 11) is 2.16. The Hall–Kier alpha value is -0.0400. The largest absolute Gasteiger partial charge is 0.313 e. The van der Waals surface area contributed by atoms with E-state index in [4.69, 9.17) is 0 Å². The fourth-order valence-corrected chi connectivity index (χ4v) is 3.10. The van der Waals surface area contributed by atoms with Crippen molar-refractivity contribution in [1.82, 2.24) is 5.32 Å². The van der Waals surface area contributed by atoms with Crippen LogP contribution in [0, 0.1) is 17.8 Å². The van der Waals surface area contributed by atoms with E-state index in [1.807, 2.05) is 0 Å². The van der Waals surface area contributed by atoms with Crippen LogP contribution < -0.4 is 5.32 Å². The second kappa shape index (κ2) is 2.73. The summed E-state index contributed by atoms with van der Waals surface area (Å²) in [6.45, 7) is 4.76. The van der Waals surface area contributed by atoms with Crippen molar-refractivity contribution in [3.8, 4) is 0 Å². The lowest BCUT2D eigenvalue weighted by atomic mass is 9.77. The zero-order valence-corrected chi connectivity index (χ0v) is 8.56. The van der Waals surface area contributed by atoms with Gasteiger partial charge in [-0.1, -0.05) is 13.8 Å². The fraction of sp³-hybridized carbons (Fsp3) is 1.00. The Balaban J connectivity index is 2.15. The third kappa shape index (κ3) is 1.10. The van der Waals surface area contributed by atoms with Crippen molar-refractivity contribution in [2.45, 2.75) is 45.1 Å². The van der Waals surface area contributed by atoms with Gasteiger partial charge in [0.05, 0.1) is 0 Å². The van der Waals surface area contributed by atoms with Gasteiger partial charge in [0.1, 0.15) is 0 Å². The molecule has 0 aromatic heterocycles. The van der Waals surface area contributed by atoms with E-state index in [1.165, 1.54) is 25.7 Å². The summed E-state index contributed by atoms with van der Waals surface area (Å²) >= 11 is 0. The summed E-state index contributed by atoms with van der Waals surface area (Å²) < 4.78 is 0. The summed E-state index contributed by atoms with van der Waals surface area (Å²) in [5, 5.41) is 3.64. The van der Waals surface area contributed by atoms with Gasteiger partial charge in [-0.05, 0) is 50.5 Å². The maximum Gasteiger partial charge on any atom is 0.0257 e. The van der Waals surface area contributed by atoms with Gasteiger partial charge in [-0.25, -0.2) is 0 Å². The first-order valence-electron chi connectivity index (χ1n) is 5.40. The maximum absolute atomic E-state index is 3.64. The van der Waals surface area contributed by atoms with Gasteiger partial charge in [-0.3, -0.25) is 0 Å². The molecule has 70 valence electrons. The third-order valence-corrected chi connectivity index (χ3v) is 3.89. The highest BCUT2D eigenvalue weighted by Crippen LogP contribution is 2.55. The quantitative estimate of drug-likeness (QED) is 0.678. The molecule has 0 heterocycles. The SMILES string of the molecule is CNC(C(C)C)(C1CC1)C1CC1. The minimum atomic E-state index is 0.514. The second-order valence-electron chi connectivity index (χ2n) is 4.89. The van der Waals surface area contributed by atoms with E-state index in [0.29, 0.717) is 5.54 Å². The lowest BCUT2D eigenvalue weighted by molar-refractivity contribution is 0.181. The van der Waals surface area contributed by atoms with E-state index in [2.05, 4.69) is 26.2 Å². The molecule has 0 aromatic carbocycles. The zero-order valence-electron chi connectivity index (χ0n) is 8.56. The molecule has 0 amide bonds. The number of rotatable bonds is 4. The average molecular weight is 167 g/mol. The topological polar surface area (TPSA) is 12.0 Å². The van der Waals surface area contributed by atoms with Gasteiger partial charge in [-0.2, -0.15) is 0 Å². The van der Waals surface area contributed by atoms with Crippen molar-refractivity contribution >= 4 is 0 Å². The molecule has 0 atom stereocenters. The van der Waals surface area contributed by atoms with E-state index in [9.17, 15) is 0 Å². The maximum atomic E-state index is 3.64. The van der Waals surface area contributed by atoms with Crippen LogP contribution in [-0.2, 0) is 0 Å². The molecule has 2 saturated carbocycles. The number of hydrogen-bond acceptors (Lipinski definition) is 1. The summed E-state index contributed by atoms with van der Waals surface area (Å²) in [5.41, 5.74) is 0.514. The molecule has 0 aromatic rings. The van der Waals surface area contributed by atoms with Crippen LogP contribution in [0.15, 0.2) is 0 Å². The summed E-state index contributed by atoms with van der Waals surface area (Å²) in [6, 6.07) is 0. The Labute approximate surface area is 75.9 Å². The van der Waals surface area contributed by atoms with Crippen LogP contribution in [0.25, 0.3) is 0 Å². The van der Waals surface area contributed by atoms with Crippen molar-refractivity contribution < 1.29 is 0 Å². The highest BCUT2D eigenvalue weighted by Gasteiger charge is 2.54. The first-order valence-corrected chi connectivity index (χ1v) is 5.40. The lowest BCUT2D eigenvalue weighted by Gasteiger charge is -2.38. The highest BCUT2D eigenvalue weighted by molar-refractivity contribution is 5.10. The predicted molar refractivity (Wildman–Crippen MR) is 52.1 cm³/mol. The first kappa shape index (κ1) is 8.55. The average Bonchev–Trinajstić information content (AvgIpc) is 2.84. The van der Waals surface area contributed by atoms with Crippen LogP contribution in [0.4, 0.5) is 0 Å². The van der Waals surface area contributed by atoms with Gasteiger partial charge in [0.25, 0.3) is 0 Å². The van der Waals surface area contributed by atoms with Crippen LogP contribution in [0.1, 0.15) is 39.5 Å². The van der Waals surface area contributed by atoms with Crippen molar-refractivity contribution in [3.05, 3.63) is 0 Å². The van der Waals surface area contributed by atoms with E-state index >= 15 is 0 Å². The number of hydrogen-bond donors (Lipinski definition) is 1. The molecule has 0 bridgehead atoms. The Bertz CT molecular complexity index is 148. The third-order valence-electron chi connectivity index (χ3n) is 3.89. The second-order valence-corrected chi connectivity index (χ2v) is 4.89. The highest BCUT2D eigenvalue weighted by atomic mass is 15.0. The molecule has 2 rings (SSSR count). The Morgan fingerprint density at radius 2 is 1.50 bits per heavy atom. The molecule has 0 radical (unpaired) electrons.